The molecule has 2 fully saturated rings. The van der Waals surface area contributed by atoms with Crippen LogP contribution >= 0.6 is 0 Å². The Labute approximate surface area is 114 Å². The molecule has 0 saturated heterocycles. The third-order valence-electron chi connectivity index (χ3n) is 4.51. The third kappa shape index (κ3) is 3.19. The minimum atomic E-state index is -0.764. The lowest BCUT2D eigenvalue weighted by Gasteiger charge is -2.28. The highest BCUT2D eigenvalue weighted by molar-refractivity contribution is 5.77. The Morgan fingerprint density at radius 2 is 1.95 bits per heavy atom. The van der Waals surface area contributed by atoms with Crippen LogP contribution in [0.3, 0.4) is 0 Å². The maximum absolute atomic E-state index is 11.8. The zero-order chi connectivity index (χ0) is 14.0. The highest BCUT2D eigenvalue weighted by Gasteiger charge is 2.51. The Bertz CT molecular complexity index is 357. The summed E-state index contributed by atoms with van der Waals surface area (Å²) in [7, 11) is 0. The Hall–Kier alpha value is -1.26. The molecule has 4 unspecified atom stereocenters. The summed E-state index contributed by atoms with van der Waals surface area (Å²) in [5.74, 6) is -0.00532. The molecule has 0 aliphatic heterocycles. The molecule has 0 aromatic carbocycles. The van der Waals surface area contributed by atoms with Crippen LogP contribution in [0.5, 0.6) is 0 Å². The van der Waals surface area contributed by atoms with E-state index in [1.807, 2.05) is 0 Å². The molecule has 2 amide bonds. The van der Waals surface area contributed by atoms with Gasteiger partial charge in [0.05, 0.1) is 5.92 Å². The first-order valence-electron chi connectivity index (χ1n) is 7.26. The molecule has 19 heavy (non-hydrogen) atoms. The van der Waals surface area contributed by atoms with Gasteiger partial charge in [-0.05, 0) is 43.4 Å². The Morgan fingerprint density at radius 1 is 1.26 bits per heavy atom. The SMILES string of the molecule is CC(C)CCNC(=O)NC1C2CCC(C2)C1C(=O)O. The normalized spacial score (nSPS) is 32.6. The van der Waals surface area contributed by atoms with Crippen molar-refractivity contribution in [2.75, 3.05) is 6.54 Å². The summed E-state index contributed by atoms with van der Waals surface area (Å²) in [6.07, 6.45) is 3.93. The quantitative estimate of drug-likeness (QED) is 0.712. The van der Waals surface area contributed by atoms with Gasteiger partial charge in [-0.3, -0.25) is 4.79 Å². The molecule has 2 saturated carbocycles. The molecule has 2 rings (SSSR count). The van der Waals surface area contributed by atoms with Crippen LogP contribution in [0.1, 0.15) is 39.5 Å². The van der Waals surface area contributed by atoms with Gasteiger partial charge in [-0.25, -0.2) is 4.79 Å². The van der Waals surface area contributed by atoms with Crippen molar-refractivity contribution in [3.63, 3.8) is 0 Å². The van der Waals surface area contributed by atoms with Gasteiger partial charge in [-0.15, -0.1) is 0 Å². The Kier molecular flexibility index (Phi) is 4.32. The number of aliphatic carboxylic acids is 1. The number of nitrogens with one attached hydrogen (secondary N) is 2. The first-order chi connectivity index (χ1) is 8.99. The summed E-state index contributed by atoms with van der Waals surface area (Å²) in [5.41, 5.74) is 0. The van der Waals surface area contributed by atoms with Crippen molar-refractivity contribution in [2.45, 2.75) is 45.6 Å². The highest BCUT2D eigenvalue weighted by atomic mass is 16.4. The molecule has 0 spiro atoms. The largest absolute Gasteiger partial charge is 0.481 e. The maximum Gasteiger partial charge on any atom is 0.315 e. The van der Waals surface area contributed by atoms with Gasteiger partial charge in [-0.2, -0.15) is 0 Å². The van der Waals surface area contributed by atoms with E-state index in [4.69, 9.17) is 0 Å². The predicted octanol–water partition coefficient (Wildman–Crippen LogP) is 1.83. The number of hydrogen-bond donors (Lipinski definition) is 3. The van der Waals surface area contributed by atoms with E-state index in [2.05, 4.69) is 24.5 Å². The molecule has 5 nitrogen and oxygen atoms in total. The molecular weight excluding hydrogens is 244 g/mol. The monoisotopic (exact) mass is 268 g/mol. The van der Waals surface area contributed by atoms with E-state index in [1.165, 1.54) is 0 Å². The molecular formula is C14H24N2O3. The summed E-state index contributed by atoms with van der Waals surface area (Å²) in [6.45, 7) is 4.86. The lowest BCUT2D eigenvalue weighted by atomic mass is 9.84. The fraction of sp³-hybridized carbons (Fsp3) is 0.857. The molecule has 108 valence electrons. The number of carboxylic acid groups (broad SMARTS) is 1. The van der Waals surface area contributed by atoms with Gasteiger partial charge >= 0.3 is 12.0 Å². The number of amides is 2. The van der Waals surface area contributed by atoms with Crippen LogP contribution < -0.4 is 10.6 Å². The van der Waals surface area contributed by atoms with Crippen molar-refractivity contribution < 1.29 is 14.7 Å². The van der Waals surface area contributed by atoms with Gasteiger partial charge < -0.3 is 15.7 Å². The van der Waals surface area contributed by atoms with E-state index in [-0.39, 0.29) is 18.0 Å². The topological polar surface area (TPSA) is 78.4 Å². The molecule has 3 N–H and O–H groups in total. The molecule has 4 atom stereocenters. The Morgan fingerprint density at radius 3 is 2.58 bits per heavy atom. The smallest absolute Gasteiger partial charge is 0.315 e. The molecule has 0 radical (unpaired) electrons. The standard InChI is InChI=1S/C14H24N2O3/c1-8(2)5-6-15-14(19)16-12-10-4-3-9(7-10)11(12)13(17)18/h8-12H,3-7H2,1-2H3,(H,17,18)(H2,15,16,19). The maximum atomic E-state index is 11.8. The number of urea groups is 1. The minimum absolute atomic E-state index is 0.185. The first kappa shape index (κ1) is 14.2. The van der Waals surface area contributed by atoms with Crippen molar-refractivity contribution >= 4 is 12.0 Å². The fourth-order valence-electron chi connectivity index (χ4n) is 3.53. The lowest BCUT2D eigenvalue weighted by Crippen LogP contribution is -2.50. The zero-order valence-corrected chi connectivity index (χ0v) is 11.7. The van der Waals surface area contributed by atoms with Crippen LogP contribution in [0.4, 0.5) is 4.79 Å². The molecule has 0 aromatic heterocycles. The predicted molar refractivity (Wildman–Crippen MR) is 71.7 cm³/mol. The lowest BCUT2D eigenvalue weighted by molar-refractivity contribution is -0.144. The van der Waals surface area contributed by atoms with E-state index in [9.17, 15) is 14.7 Å². The van der Waals surface area contributed by atoms with E-state index in [0.29, 0.717) is 18.4 Å². The summed E-state index contributed by atoms with van der Waals surface area (Å²) in [5, 5.41) is 15.0. The van der Waals surface area contributed by atoms with Gasteiger partial charge in [0.15, 0.2) is 0 Å². The molecule has 0 heterocycles. The number of carboxylic acids is 1. The minimum Gasteiger partial charge on any atom is -0.481 e. The highest BCUT2D eigenvalue weighted by Crippen LogP contribution is 2.48. The van der Waals surface area contributed by atoms with Gasteiger partial charge in [-0.1, -0.05) is 13.8 Å². The van der Waals surface area contributed by atoms with Crippen LogP contribution in [-0.2, 0) is 4.79 Å². The van der Waals surface area contributed by atoms with Crippen molar-refractivity contribution in [3.05, 3.63) is 0 Å². The van der Waals surface area contributed by atoms with Crippen LogP contribution in [0, 0.1) is 23.7 Å². The number of carbonyl (C=O) groups is 2. The number of hydrogen-bond acceptors (Lipinski definition) is 2. The third-order valence-corrected chi connectivity index (χ3v) is 4.51. The van der Waals surface area contributed by atoms with Gasteiger partial charge in [0.25, 0.3) is 0 Å². The second-order valence-corrected chi connectivity index (χ2v) is 6.31. The Balaban J connectivity index is 1.84. The second-order valence-electron chi connectivity index (χ2n) is 6.31. The summed E-state index contributed by atoms with van der Waals surface area (Å²) >= 11 is 0. The summed E-state index contributed by atoms with van der Waals surface area (Å²) < 4.78 is 0. The van der Waals surface area contributed by atoms with E-state index in [1.54, 1.807) is 0 Å². The van der Waals surface area contributed by atoms with Crippen molar-refractivity contribution in [1.29, 1.82) is 0 Å². The summed E-state index contributed by atoms with van der Waals surface area (Å²) in [4.78, 5) is 23.1. The van der Waals surface area contributed by atoms with E-state index >= 15 is 0 Å². The van der Waals surface area contributed by atoms with Gasteiger partial charge in [0.2, 0.25) is 0 Å². The fourth-order valence-corrected chi connectivity index (χ4v) is 3.53. The van der Waals surface area contributed by atoms with Gasteiger partial charge in [0.1, 0.15) is 0 Å². The molecule has 2 aliphatic rings. The average molecular weight is 268 g/mol. The number of rotatable bonds is 5. The average Bonchev–Trinajstić information content (AvgIpc) is 2.88. The van der Waals surface area contributed by atoms with E-state index < -0.39 is 11.9 Å². The van der Waals surface area contributed by atoms with Crippen LogP contribution in [0.2, 0.25) is 0 Å². The molecule has 2 aliphatic carbocycles. The number of carbonyl (C=O) groups excluding carboxylic acids is 1. The van der Waals surface area contributed by atoms with Crippen LogP contribution in [-0.4, -0.2) is 29.7 Å². The second kappa shape index (κ2) is 5.80. The number of fused-ring (bicyclic) bond motifs is 2. The van der Waals surface area contributed by atoms with Crippen molar-refractivity contribution in [3.8, 4) is 0 Å². The van der Waals surface area contributed by atoms with Crippen molar-refractivity contribution in [1.82, 2.24) is 10.6 Å². The van der Waals surface area contributed by atoms with Crippen LogP contribution in [0.25, 0.3) is 0 Å². The summed E-state index contributed by atoms with van der Waals surface area (Å²) in [6, 6.07) is -0.403. The van der Waals surface area contributed by atoms with Crippen molar-refractivity contribution in [2.24, 2.45) is 23.7 Å². The van der Waals surface area contributed by atoms with E-state index in [0.717, 1.165) is 25.7 Å². The molecule has 2 bridgehead atoms. The molecule has 0 aromatic rings. The molecule has 5 heteroatoms. The zero-order valence-electron chi connectivity index (χ0n) is 11.7. The van der Waals surface area contributed by atoms with Crippen LogP contribution in [0.15, 0.2) is 0 Å². The van der Waals surface area contributed by atoms with Gasteiger partial charge in [0, 0.05) is 12.6 Å². The first-order valence-corrected chi connectivity index (χ1v) is 7.26.